The van der Waals surface area contributed by atoms with Crippen LogP contribution in [0.1, 0.15) is 29.3 Å². The molecule has 0 radical (unpaired) electrons. The first-order valence-electron chi connectivity index (χ1n) is 7.90. The van der Waals surface area contributed by atoms with Crippen molar-refractivity contribution in [1.82, 2.24) is 10.2 Å². The molecule has 1 fully saturated rings. The largest absolute Gasteiger partial charge is 0.354 e. The SMILES string of the molecule is CC1CCc2c(sc(NC(=O)CN3CCNC(=O)C3)c2C#N)C1. The lowest BCUT2D eigenvalue weighted by Gasteiger charge is -2.25. The van der Waals surface area contributed by atoms with E-state index in [1.54, 1.807) is 0 Å². The number of anilines is 1. The molecule has 2 N–H and O–H groups in total. The molecule has 1 aliphatic heterocycles. The number of rotatable bonds is 3. The standard InChI is InChI=1S/C16H20N4O2S/c1-10-2-3-11-12(7-17)16(23-13(11)6-10)19-15(22)9-20-5-4-18-14(21)8-20/h10H,2-6,8-9H2,1H3,(H,18,21)(H,19,22). The third-order valence-electron chi connectivity index (χ3n) is 4.36. The highest BCUT2D eigenvalue weighted by Gasteiger charge is 2.25. The number of thiophene rings is 1. The molecule has 7 heteroatoms. The minimum atomic E-state index is -0.164. The van der Waals surface area contributed by atoms with Gasteiger partial charge in [0, 0.05) is 18.0 Å². The number of nitrogens with zero attached hydrogens (tertiary/aromatic N) is 2. The Kier molecular flexibility index (Phi) is 4.64. The van der Waals surface area contributed by atoms with Gasteiger partial charge in [-0.05, 0) is 30.7 Å². The molecule has 0 spiro atoms. The van der Waals surface area contributed by atoms with Crippen molar-refractivity contribution in [1.29, 1.82) is 5.26 Å². The summed E-state index contributed by atoms with van der Waals surface area (Å²) in [6.07, 6.45) is 2.99. The Bertz CT molecular complexity index is 676. The minimum absolute atomic E-state index is 0.0534. The molecular weight excluding hydrogens is 312 g/mol. The van der Waals surface area contributed by atoms with E-state index in [-0.39, 0.29) is 24.9 Å². The Hall–Kier alpha value is -1.91. The van der Waals surface area contributed by atoms with E-state index in [2.05, 4.69) is 23.6 Å². The molecular formula is C16H20N4O2S. The van der Waals surface area contributed by atoms with Gasteiger partial charge in [-0.15, -0.1) is 11.3 Å². The molecule has 1 aromatic heterocycles. The van der Waals surface area contributed by atoms with Gasteiger partial charge in [-0.25, -0.2) is 0 Å². The van der Waals surface area contributed by atoms with Crippen molar-refractivity contribution in [2.45, 2.75) is 26.2 Å². The van der Waals surface area contributed by atoms with Crippen molar-refractivity contribution < 1.29 is 9.59 Å². The topological polar surface area (TPSA) is 85.2 Å². The number of piperazine rings is 1. The van der Waals surface area contributed by atoms with Crippen LogP contribution in [0, 0.1) is 17.2 Å². The summed E-state index contributed by atoms with van der Waals surface area (Å²) < 4.78 is 0. The van der Waals surface area contributed by atoms with Crippen LogP contribution < -0.4 is 10.6 Å². The lowest BCUT2D eigenvalue weighted by atomic mass is 9.89. The van der Waals surface area contributed by atoms with Gasteiger partial charge in [-0.1, -0.05) is 6.92 Å². The number of hydrogen-bond donors (Lipinski definition) is 2. The van der Waals surface area contributed by atoms with Gasteiger partial charge in [-0.2, -0.15) is 5.26 Å². The molecule has 122 valence electrons. The van der Waals surface area contributed by atoms with Crippen LogP contribution in [0.5, 0.6) is 0 Å². The number of nitriles is 1. The first-order chi connectivity index (χ1) is 11.1. The van der Waals surface area contributed by atoms with E-state index in [4.69, 9.17) is 0 Å². The van der Waals surface area contributed by atoms with Crippen molar-refractivity contribution >= 4 is 28.2 Å². The van der Waals surface area contributed by atoms with E-state index in [9.17, 15) is 14.9 Å². The maximum Gasteiger partial charge on any atom is 0.239 e. The molecule has 23 heavy (non-hydrogen) atoms. The van der Waals surface area contributed by atoms with Crippen molar-refractivity contribution in [3.63, 3.8) is 0 Å². The van der Waals surface area contributed by atoms with Crippen LogP contribution in [0.25, 0.3) is 0 Å². The van der Waals surface area contributed by atoms with Crippen LogP contribution in [-0.2, 0) is 22.4 Å². The quantitative estimate of drug-likeness (QED) is 0.868. The lowest BCUT2D eigenvalue weighted by molar-refractivity contribution is -0.125. The zero-order valence-electron chi connectivity index (χ0n) is 13.1. The molecule has 0 saturated carbocycles. The molecule has 2 heterocycles. The number of nitrogens with one attached hydrogen (secondary N) is 2. The van der Waals surface area contributed by atoms with Gasteiger partial charge in [0.15, 0.2) is 0 Å². The molecule has 0 aromatic carbocycles. The smallest absolute Gasteiger partial charge is 0.239 e. The normalized spacial score (nSPS) is 21.2. The van der Waals surface area contributed by atoms with Crippen LogP contribution in [0.4, 0.5) is 5.00 Å². The second kappa shape index (κ2) is 6.69. The minimum Gasteiger partial charge on any atom is -0.354 e. The predicted molar refractivity (Wildman–Crippen MR) is 88.3 cm³/mol. The first kappa shape index (κ1) is 16.0. The van der Waals surface area contributed by atoms with Crippen LogP contribution in [-0.4, -0.2) is 42.9 Å². The Morgan fingerprint density at radius 2 is 2.39 bits per heavy atom. The van der Waals surface area contributed by atoms with Gasteiger partial charge in [-0.3, -0.25) is 14.5 Å². The zero-order chi connectivity index (χ0) is 16.4. The highest BCUT2D eigenvalue weighted by atomic mass is 32.1. The molecule has 2 aliphatic rings. The summed E-state index contributed by atoms with van der Waals surface area (Å²) in [5.41, 5.74) is 1.74. The van der Waals surface area contributed by atoms with E-state index in [1.807, 2.05) is 4.90 Å². The van der Waals surface area contributed by atoms with Crippen molar-refractivity contribution in [3.8, 4) is 6.07 Å². The van der Waals surface area contributed by atoms with Crippen LogP contribution in [0.2, 0.25) is 0 Å². The number of carbonyl (C=O) groups excluding carboxylic acids is 2. The summed E-state index contributed by atoms with van der Waals surface area (Å²) in [5, 5.41) is 15.7. The second-order valence-corrected chi connectivity index (χ2v) is 7.38. The van der Waals surface area contributed by atoms with Gasteiger partial charge in [0.05, 0.1) is 18.7 Å². The summed E-state index contributed by atoms with van der Waals surface area (Å²) in [4.78, 5) is 26.6. The van der Waals surface area contributed by atoms with Crippen LogP contribution >= 0.6 is 11.3 Å². The van der Waals surface area contributed by atoms with Gasteiger partial charge >= 0.3 is 0 Å². The summed E-state index contributed by atoms with van der Waals surface area (Å²) in [6, 6.07) is 2.25. The molecule has 1 saturated heterocycles. The van der Waals surface area contributed by atoms with Crippen LogP contribution in [0.3, 0.4) is 0 Å². The highest BCUT2D eigenvalue weighted by molar-refractivity contribution is 7.16. The summed E-state index contributed by atoms with van der Waals surface area (Å²) in [6.45, 7) is 3.88. The average molecular weight is 332 g/mol. The molecule has 1 unspecified atom stereocenters. The van der Waals surface area contributed by atoms with Crippen molar-refractivity contribution in [2.24, 2.45) is 5.92 Å². The van der Waals surface area contributed by atoms with E-state index in [0.29, 0.717) is 29.6 Å². The molecule has 0 bridgehead atoms. The number of carbonyl (C=O) groups is 2. The third-order valence-corrected chi connectivity index (χ3v) is 5.53. The predicted octanol–water partition coefficient (Wildman–Crippen LogP) is 1.11. The summed E-state index contributed by atoms with van der Waals surface area (Å²) in [7, 11) is 0. The van der Waals surface area contributed by atoms with E-state index >= 15 is 0 Å². The lowest BCUT2D eigenvalue weighted by Crippen LogP contribution is -2.49. The van der Waals surface area contributed by atoms with Crippen molar-refractivity contribution in [2.75, 3.05) is 31.5 Å². The van der Waals surface area contributed by atoms with Gasteiger partial charge < -0.3 is 10.6 Å². The third kappa shape index (κ3) is 3.54. The molecule has 2 amide bonds. The summed E-state index contributed by atoms with van der Waals surface area (Å²) in [5.74, 6) is 0.410. The fraction of sp³-hybridized carbons (Fsp3) is 0.562. The Morgan fingerprint density at radius 1 is 1.57 bits per heavy atom. The monoisotopic (exact) mass is 332 g/mol. The molecule has 1 atom stereocenters. The maximum atomic E-state index is 12.2. The second-order valence-electron chi connectivity index (χ2n) is 6.28. The first-order valence-corrected chi connectivity index (χ1v) is 8.72. The highest BCUT2D eigenvalue weighted by Crippen LogP contribution is 2.39. The molecule has 3 rings (SSSR count). The average Bonchev–Trinajstić information content (AvgIpc) is 2.82. The van der Waals surface area contributed by atoms with E-state index in [0.717, 1.165) is 24.8 Å². The van der Waals surface area contributed by atoms with Gasteiger partial charge in [0.1, 0.15) is 11.1 Å². The van der Waals surface area contributed by atoms with Crippen molar-refractivity contribution in [3.05, 3.63) is 16.0 Å². The maximum absolute atomic E-state index is 12.2. The fourth-order valence-corrected chi connectivity index (χ4v) is 4.53. The Balaban J connectivity index is 1.69. The number of fused-ring (bicyclic) bond motifs is 1. The van der Waals surface area contributed by atoms with Crippen LogP contribution in [0.15, 0.2) is 0 Å². The fourth-order valence-electron chi connectivity index (χ4n) is 3.15. The Labute approximate surface area is 139 Å². The molecule has 6 nitrogen and oxygen atoms in total. The van der Waals surface area contributed by atoms with Gasteiger partial charge in [0.25, 0.3) is 0 Å². The molecule has 1 aliphatic carbocycles. The van der Waals surface area contributed by atoms with E-state index < -0.39 is 0 Å². The van der Waals surface area contributed by atoms with Gasteiger partial charge in [0.2, 0.25) is 11.8 Å². The van der Waals surface area contributed by atoms with E-state index in [1.165, 1.54) is 16.2 Å². The zero-order valence-corrected chi connectivity index (χ0v) is 14.0. The number of amides is 2. The number of hydrogen-bond acceptors (Lipinski definition) is 5. The molecule has 1 aromatic rings. The Morgan fingerprint density at radius 3 is 3.13 bits per heavy atom. The summed E-state index contributed by atoms with van der Waals surface area (Å²) >= 11 is 1.53.